The van der Waals surface area contributed by atoms with Gasteiger partial charge in [0.1, 0.15) is 17.5 Å². The Kier molecular flexibility index (Phi) is 4.52. The van der Waals surface area contributed by atoms with E-state index in [4.69, 9.17) is 11.5 Å². The van der Waals surface area contributed by atoms with Crippen molar-refractivity contribution < 1.29 is 18.0 Å². The maximum absolute atomic E-state index is 14.4. The number of fused-ring (bicyclic) bond motifs is 1. The van der Waals surface area contributed by atoms with Gasteiger partial charge in [-0.15, -0.1) is 0 Å². The molecule has 0 fully saturated rings. The van der Waals surface area contributed by atoms with Crippen LogP contribution in [-0.2, 0) is 0 Å². The highest BCUT2D eigenvalue weighted by atomic mass is 19.1. The number of nitriles is 1. The topological polar surface area (TPSA) is 105 Å². The number of nitrogens with two attached hydrogens (primary N) is 2. The van der Waals surface area contributed by atoms with E-state index >= 15 is 0 Å². The number of hydrogen-bond donors (Lipinski definition) is 2. The first kappa shape index (κ1) is 17.9. The van der Waals surface area contributed by atoms with Gasteiger partial charge in [-0.1, -0.05) is 12.1 Å². The second-order valence-electron chi connectivity index (χ2n) is 5.62. The van der Waals surface area contributed by atoms with Crippen LogP contribution in [0.25, 0.3) is 21.9 Å². The van der Waals surface area contributed by atoms with Gasteiger partial charge < -0.3 is 11.5 Å². The van der Waals surface area contributed by atoms with Crippen molar-refractivity contribution in [1.29, 1.82) is 5.26 Å². The maximum Gasteiger partial charge on any atom is 0.280 e. The molecule has 0 aliphatic rings. The second-order valence-corrected chi connectivity index (χ2v) is 5.62. The molecule has 0 radical (unpaired) electrons. The number of aliphatic imine (C=N–C) groups is 1. The summed E-state index contributed by atoms with van der Waals surface area (Å²) in [5, 5.41) is 10.1. The van der Waals surface area contributed by atoms with Crippen molar-refractivity contribution in [3.63, 3.8) is 0 Å². The Bertz CT molecular complexity index is 1140. The van der Waals surface area contributed by atoms with Gasteiger partial charge in [-0.3, -0.25) is 4.79 Å². The highest BCUT2D eigenvalue weighted by molar-refractivity contribution is 6.07. The molecular formula is C19H11F3N4O. The summed E-state index contributed by atoms with van der Waals surface area (Å²) in [6, 6.07) is 10.1. The molecule has 1 amide bonds. The SMILES string of the molecule is N#Cc1ccc2ccc(C(=O)N=C(N)N)cc2c1-c1c(F)cc(F)cc1F. The van der Waals surface area contributed by atoms with E-state index in [1.807, 2.05) is 6.07 Å². The fraction of sp³-hybridized carbons (Fsp3) is 0. The van der Waals surface area contributed by atoms with Crippen LogP contribution in [0.3, 0.4) is 0 Å². The summed E-state index contributed by atoms with van der Waals surface area (Å²) < 4.78 is 42.0. The fourth-order valence-electron chi connectivity index (χ4n) is 2.78. The number of guanidine groups is 1. The highest BCUT2D eigenvalue weighted by Crippen LogP contribution is 2.36. The van der Waals surface area contributed by atoms with Crippen molar-refractivity contribution in [3.05, 3.63) is 71.0 Å². The normalized spacial score (nSPS) is 10.4. The highest BCUT2D eigenvalue weighted by Gasteiger charge is 2.20. The largest absolute Gasteiger partial charge is 0.370 e. The number of halogens is 3. The van der Waals surface area contributed by atoms with Gasteiger partial charge in [0.05, 0.1) is 17.2 Å². The van der Waals surface area contributed by atoms with Crippen LogP contribution in [0.1, 0.15) is 15.9 Å². The number of carbonyl (C=O) groups is 1. The van der Waals surface area contributed by atoms with E-state index < -0.39 is 34.9 Å². The van der Waals surface area contributed by atoms with Gasteiger partial charge in [-0.05, 0) is 29.0 Å². The Labute approximate surface area is 151 Å². The minimum absolute atomic E-state index is 0.0432. The standard InChI is InChI=1S/C19H11F3N4O/c20-12-6-14(21)17(15(22)7-12)16-11(8-23)4-2-9-1-3-10(5-13(9)16)18(27)26-19(24)25/h1-7H,(H4,24,25,26,27). The van der Waals surface area contributed by atoms with Gasteiger partial charge in [-0.2, -0.15) is 10.3 Å². The van der Waals surface area contributed by atoms with E-state index in [-0.39, 0.29) is 22.1 Å². The van der Waals surface area contributed by atoms with E-state index in [0.29, 0.717) is 17.5 Å². The summed E-state index contributed by atoms with van der Waals surface area (Å²) in [7, 11) is 0. The molecule has 0 bridgehead atoms. The zero-order chi connectivity index (χ0) is 19.7. The average Bonchev–Trinajstić information content (AvgIpc) is 2.59. The third-order valence-corrected chi connectivity index (χ3v) is 3.88. The molecular weight excluding hydrogens is 357 g/mol. The summed E-state index contributed by atoms with van der Waals surface area (Å²) in [6.45, 7) is 0. The third kappa shape index (κ3) is 3.30. The molecule has 4 N–H and O–H groups in total. The third-order valence-electron chi connectivity index (χ3n) is 3.88. The van der Waals surface area contributed by atoms with Crippen molar-refractivity contribution in [1.82, 2.24) is 0 Å². The van der Waals surface area contributed by atoms with Crippen LogP contribution < -0.4 is 11.5 Å². The van der Waals surface area contributed by atoms with Crippen molar-refractivity contribution in [2.75, 3.05) is 0 Å². The lowest BCUT2D eigenvalue weighted by molar-refractivity contribution is 0.100. The molecule has 0 saturated carbocycles. The van der Waals surface area contributed by atoms with Crippen molar-refractivity contribution in [3.8, 4) is 17.2 Å². The van der Waals surface area contributed by atoms with Gasteiger partial charge in [0.15, 0.2) is 5.96 Å². The molecule has 0 aliphatic carbocycles. The first-order valence-electron chi connectivity index (χ1n) is 7.57. The Hall–Kier alpha value is -3.86. The lowest BCUT2D eigenvalue weighted by Crippen LogP contribution is -2.24. The predicted octanol–water partition coefficient (Wildman–Crippen LogP) is 3.21. The van der Waals surface area contributed by atoms with E-state index in [2.05, 4.69) is 4.99 Å². The van der Waals surface area contributed by atoms with Crippen LogP contribution in [0.2, 0.25) is 0 Å². The number of benzene rings is 3. The summed E-state index contributed by atoms with van der Waals surface area (Å²) in [6.07, 6.45) is 0. The lowest BCUT2D eigenvalue weighted by atomic mass is 9.92. The number of amides is 1. The number of carbonyl (C=O) groups excluding carboxylic acids is 1. The van der Waals surface area contributed by atoms with Crippen molar-refractivity contribution in [2.24, 2.45) is 16.5 Å². The first-order valence-corrected chi connectivity index (χ1v) is 7.57. The molecule has 0 spiro atoms. The van der Waals surface area contributed by atoms with E-state index in [1.165, 1.54) is 24.3 Å². The molecule has 3 rings (SSSR count). The van der Waals surface area contributed by atoms with Crippen molar-refractivity contribution in [2.45, 2.75) is 0 Å². The zero-order valence-corrected chi connectivity index (χ0v) is 13.6. The molecule has 0 saturated heterocycles. The lowest BCUT2D eigenvalue weighted by Gasteiger charge is -2.12. The van der Waals surface area contributed by atoms with Crippen LogP contribution in [0, 0.1) is 28.8 Å². The van der Waals surface area contributed by atoms with Crippen LogP contribution >= 0.6 is 0 Å². The summed E-state index contributed by atoms with van der Waals surface area (Å²) in [5.41, 5.74) is 9.74. The van der Waals surface area contributed by atoms with Crippen LogP contribution in [0.15, 0.2) is 47.5 Å². The smallest absolute Gasteiger partial charge is 0.280 e. The van der Waals surface area contributed by atoms with Gasteiger partial charge in [-0.25, -0.2) is 13.2 Å². The van der Waals surface area contributed by atoms with Crippen molar-refractivity contribution >= 4 is 22.6 Å². The minimum Gasteiger partial charge on any atom is -0.370 e. The number of nitrogens with zero attached hydrogens (tertiary/aromatic N) is 2. The summed E-state index contributed by atoms with van der Waals surface area (Å²) in [4.78, 5) is 15.5. The molecule has 3 aromatic rings. The molecule has 0 atom stereocenters. The fourth-order valence-corrected chi connectivity index (χ4v) is 2.78. The Balaban J connectivity index is 2.39. The van der Waals surface area contributed by atoms with E-state index in [9.17, 15) is 23.2 Å². The van der Waals surface area contributed by atoms with Gasteiger partial charge in [0.25, 0.3) is 5.91 Å². The van der Waals surface area contributed by atoms with Gasteiger partial charge in [0, 0.05) is 23.3 Å². The second kappa shape index (κ2) is 6.80. The number of hydrogen-bond acceptors (Lipinski definition) is 2. The molecule has 5 nitrogen and oxygen atoms in total. The Morgan fingerprint density at radius 2 is 1.59 bits per heavy atom. The minimum atomic E-state index is -1.17. The quantitative estimate of drug-likeness (QED) is 0.535. The van der Waals surface area contributed by atoms with Crippen LogP contribution in [0.5, 0.6) is 0 Å². The van der Waals surface area contributed by atoms with Crippen LogP contribution in [-0.4, -0.2) is 11.9 Å². The predicted molar refractivity (Wildman–Crippen MR) is 94.1 cm³/mol. The zero-order valence-electron chi connectivity index (χ0n) is 13.6. The maximum atomic E-state index is 14.4. The van der Waals surface area contributed by atoms with E-state index in [1.54, 1.807) is 6.07 Å². The molecule has 0 aliphatic heterocycles. The Morgan fingerprint density at radius 3 is 2.19 bits per heavy atom. The summed E-state index contributed by atoms with van der Waals surface area (Å²) in [5.74, 6) is -4.63. The van der Waals surface area contributed by atoms with E-state index in [0.717, 1.165) is 0 Å². The Morgan fingerprint density at radius 1 is 0.963 bits per heavy atom. The molecule has 0 aromatic heterocycles. The van der Waals surface area contributed by atoms with Crippen LogP contribution in [0.4, 0.5) is 13.2 Å². The van der Waals surface area contributed by atoms with Gasteiger partial charge in [0.2, 0.25) is 0 Å². The molecule has 134 valence electrons. The molecule has 3 aromatic carbocycles. The molecule has 8 heteroatoms. The monoisotopic (exact) mass is 368 g/mol. The number of rotatable bonds is 2. The summed E-state index contributed by atoms with van der Waals surface area (Å²) >= 11 is 0. The first-order chi connectivity index (χ1) is 12.8. The molecule has 0 unspecified atom stereocenters. The average molecular weight is 368 g/mol. The molecule has 0 heterocycles. The molecule has 27 heavy (non-hydrogen) atoms. The van der Waals surface area contributed by atoms with Gasteiger partial charge >= 0.3 is 0 Å².